The van der Waals surface area contributed by atoms with Gasteiger partial charge in [0.15, 0.2) is 0 Å². The quantitative estimate of drug-likeness (QED) is 0.389. The van der Waals surface area contributed by atoms with Crippen LogP contribution in [0.1, 0.15) is 147 Å². The summed E-state index contributed by atoms with van der Waals surface area (Å²) in [4.78, 5) is 0. The van der Waals surface area contributed by atoms with E-state index in [1.807, 2.05) is 13.8 Å². The molecule has 0 aromatic heterocycles. The van der Waals surface area contributed by atoms with Crippen LogP contribution in [0.2, 0.25) is 0 Å². The Morgan fingerprint density at radius 3 is 0.741 bits per heavy atom. The lowest BCUT2D eigenvalue weighted by Crippen LogP contribution is -2.12. The van der Waals surface area contributed by atoms with Gasteiger partial charge in [0.2, 0.25) is 0 Å². The highest BCUT2D eigenvalue weighted by molar-refractivity contribution is 4.68. The molecule has 0 aliphatic heterocycles. The molecule has 27 heavy (non-hydrogen) atoms. The normalized spacial score (nSPS) is 30.3. The fourth-order valence-corrected chi connectivity index (χ4v) is 4.31. The lowest BCUT2D eigenvalue weighted by Gasteiger charge is -2.24. The van der Waals surface area contributed by atoms with Crippen molar-refractivity contribution < 1.29 is 0 Å². The van der Waals surface area contributed by atoms with Crippen molar-refractivity contribution in [3.8, 4) is 0 Å². The van der Waals surface area contributed by atoms with Crippen LogP contribution in [0.15, 0.2) is 0 Å². The summed E-state index contributed by atoms with van der Waals surface area (Å²) >= 11 is 0. The molecule has 0 heterocycles. The molecule has 3 fully saturated rings. The Kier molecular flexibility index (Phi) is 24.3. The lowest BCUT2D eigenvalue weighted by molar-refractivity contribution is 0.277. The molecule has 4 atom stereocenters. The van der Waals surface area contributed by atoms with Crippen LogP contribution in [0.4, 0.5) is 0 Å². The third-order valence-corrected chi connectivity index (χ3v) is 6.97. The molecule has 0 heteroatoms. The molecule has 168 valence electrons. The Bertz CT molecular complexity index is 223. The van der Waals surface area contributed by atoms with Crippen molar-refractivity contribution in [1.29, 1.82) is 0 Å². The SMILES string of the molecule is C.C.CC.CC1CCCCC1.CC1CCCCC1C.CC1CCCC[C@@H]1C. The molecule has 3 aliphatic carbocycles. The van der Waals surface area contributed by atoms with E-state index in [2.05, 4.69) is 34.6 Å². The Morgan fingerprint density at radius 1 is 0.370 bits per heavy atom. The van der Waals surface area contributed by atoms with Crippen molar-refractivity contribution in [2.24, 2.45) is 29.6 Å². The van der Waals surface area contributed by atoms with Crippen molar-refractivity contribution >= 4 is 0 Å². The molecule has 0 saturated heterocycles. The molecule has 3 saturated carbocycles. The molecule has 0 spiro atoms. The summed E-state index contributed by atoms with van der Waals surface area (Å²) in [6.45, 7) is 15.9. The van der Waals surface area contributed by atoms with Gasteiger partial charge in [0, 0.05) is 0 Å². The van der Waals surface area contributed by atoms with E-state index in [1.165, 1.54) is 83.5 Å². The van der Waals surface area contributed by atoms with Crippen LogP contribution in [-0.2, 0) is 0 Å². The summed E-state index contributed by atoms with van der Waals surface area (Å²) in [6.07, 6.45) is 19.2. The van der Waals surface area contributed by atoms with Gasteiger partial charge in [0.25, 0.3) is 0 Å². The van der Waals surface area contributed by atoms with Gasteiger partial charge in [-0.3, -0.25) is 0 Å². The molecule has 3 unspecified atom stereocenters. The molecular weight excluding hydrogens is 324 g/mol. The van der Waals surface area contributed by atoms with Crippen LogP contribution < -0.4 is 0 Å². The van der Waals surface area contributed by atoms with E-state index < -0.39 is 0 Å². The molecular formula is C27H60. The van der Waals surface area contributed by atoms with E-state index in [1.54, 1.807) is 0 Å². The zero-order valence-corrected chi connectivity index (χ0v) is 19.1. The summed E-state index contributed by atoms with van der Waals surface area (Å²) in [5.74, 6) is 5.05. The average Bonchev–Trinajstić information content (AvgIpc) is 2.64. The van der Waals surface area contributed by atoms with Gasteiger partial charge in [-0.25, -0.2) is 0 Å². The van der Waals surface area contributed by atoms with E-state index in [-0.39, 0.29) is 14.9 Å². The number of hydrogen-bond acceptors (Lipinski definition) is 0. The Morgan fingerprint density at radius 2 is 0.593 bits per heavy atom. The molecule has 0 N–H and O–H groups in total. The molecule has 0 nitrogen and oxygen atoms in total. The first kappa shape index (κ1) is 31.7. The van der Waals surface area contributed by atoms with Crippen LogP contribution in [0.3, 0.4) is 0 Å². The summed E-state index contributed by atoms with van der Waals surface area (Å²) in [7, 11) is 0. The Balaban J connectivity index is -0.000000296. The largest absolute Gasteiger partial charge is 0.0776 e. The van der Waals surface area contributed by atoms with Gasteiger partial charge in [-0.15, -0.1) is 0 Å². The Hall–Kier alpha value is 0. The minimum atomic E-state index is 0. The molecule has 3 aliphatic rings. The third kappa shape index (κ3) is 16.6. The van der Waals surface area contributed by atoms with Gasteiger partial charge in [0.05, 0.1) is 0 Å². The molecule has 0 amide bonds. The van der Waals surface area contributed by atoms with Crippen molar-refractivity contribution in [2.45, 2.75) is 147 Å². The summed E-state index contributed by atoms with van der Waals surface area (Å²) in [6, 6.07) is 0. The maximum Gasteiger partial charge on any atom is -0.0417 e. The summed E-state index contributed by atoms with van der Waals surface area (Å²) in [5.41, 5.74) is 0. The molecule has 0 aromatic carbocycles. The van der Waals surface area contributed by atoms with Crippen molar-refractivity contribution in [3.05, 3.63) is 0 Å². The summed E-state index contributed by atoms with van der Waals surface area (Å²) < 4.78 is 0. The molecule has 0 aromatic rings. The van der Waals surface area contributed by atoms with Gasteiger partial charge in [-0.2, -0.15) is 0 Å². The van der Waals surface area contributed by atoms with Gasteiger partial charge in [-0.05, 0) is 29.6 Å². The van der Waals surface area contributed by atoms with Gasteiger partial charge < -0.3 is 0 Å². The summed E-state index contributed by atoms with van der Waals surface area (Å²) in [5, 5.41) is 0. The van der Waals surface area contributed by atoms with Crippen LogP contribution in [-0.4, -0.2) is 0 Å². The lowest BCUT2D eigenvalue weighted by atomic mass is 9.82. The van der Waals surface area contributed by atoms with E-state index in [0.29, 0.717) is 0 Å². The van der Waals surface area contributed by atoms with Gasteiger partial charge in [0.1, 0.15) is 0 Å². The number of hydrogen-bond donors (Lipinski definition) is 0. The van der Waals surface area contributed by atoms with Gasteiger partial charge in [-0.1, -0.05) is 147 Å². The predicted octanol–water partition coefficient (Wildman–Crippen LogP) is 10.6. The topological polar surface area (TPSA) is 0 Å². The standard InChI is InChI=1S/2C8H16.C7H14.C2H6.2CH4/c2*1-7-5-3-4-6-8(7)2;1-7-5-3-2-4-6-7;1-2;;/h2*7-8H,3-6H2,1-2H3;7H,2-6H2,1H3;1-2H3;2*1H4/t7-,8?;;;;;/m0...../s1. The van der Waals surface area contributed by atoms with Crippen molar-refractivity contribution in [2.75, 3.05) is 0 Å². The maximum atomic E-state index is 2.38. The van der Waals surface area contributed by atoms with E-state index in [9.17, 15) is 0 Å². The first-order chi connectivity index (χ1) is 12.0. The highest BCUT2D eigenvalue weighted by Gasteiger charge is 2.16. The van der Waals surface area contributed by atoms with Crippen LogP contribution in [0.25, 0.3) is 0 Å². The fourth-order valence-electron chi connectivity index (χ4n) is 4.31. The van der Waals surface area contributed by atoms with Crippen molar-refractivity contribution in [3.63, 3.8) is 0 Å². The minimum Gasteiger partial charge on any atom is -0.0776 e. The average molecular weight is 385 g/mol. The first-order valence-electron chi connectivity index (χ1n) is 12.0. The van der Waals surface area contributed by atoms with Crippen LogP contribution in [0.5, 0.6) is 0 Å². The molecule has 0 radical (unpaired) electrons. The number of rotatable bonds is 0. The smallest absolute Gasteiger partial charge is 0.0417 e. The zero-order valence-electron chi connectivity index (χ0n) is 19.1. The van der Waals surface area contributed by atoms with Crippen LogP contribution >= 0.6 is 0 Å². The van der Waals surface area contributed by atoms with Gasteiger partial charge >= 0.3 is 0 Å². The second-order valence-corrected chi connectivity index (χ2v) is 9.22. The highest BCUT2D eigenvalue weighted by atomic mass is 14.2. The monoisotopic (exact) mass is 384 g/mol. The Labute approximate surface area is 176 Å². The van der Waals surface area contributed by atoms with E-state index in [0.717, 1.165) is 29.6 Å². The second-order valence-electron chi connectivity index (χ2n) is 9.22. The van der Waals surface area contributed by atoms with Crippen LogP contribution in [0, 0.1) is 29.6 Å². The fraction of sp³-hybridized carbons (Fsp3) is 1.00. The first-order valence-corrected chi connectivity index (χ1v) is 12.0. The predicted molar refractivity (Wildman–Crippen MR) is 131 cm³/mol. The molecule has 3 rings (SSSR count). The second kappa shape index (κ2) is 20.7. The highest BCUT2D eigenvalue weighted by Crippen LogP contribution is 2.29. The minimum absolute atomic E-state index is 0. The molecule has 0 bridgehead atoms. The zero-order chi connectivity index (χ0) is 19.1. The third-order valence-electron chi connectivity index (χ3n) is 6.97. The van der Waals surface area contributed by atoms with E-state index in [4.69, 9.17) is 0 Å². The van der Waals surface area contributed by atoms with E-state index >= 15 is 0 Å². The van der Waals surface area contributed by atoms with Crippen molar-refractivity contribution in [1.82, 2.24) is 0 Å². The maximum absolute atomic E-state index is 2.38.